The molecule has 2 aromatic carbocycles. The van der Waals surface area contributed by atoms with Gasteiger partial charge in [-0.1, -0.05) is 60.7 Å². The van der Waals surface area contributed by atoms with Crippen LogP contribution < -0.4 is 10.6 Å². The molecule has 2 saturated heterocycles. The highest BCUT2D eigenvalue weighted by Gasteiger charge is 2.40. The van der Waals surface area contributed by atoms with Crippen molar-refractivity contribution in [3.05, 3.63) is 71.8 Å². The number of carbonyl (C=O) groups is 5. The summed E-state index contributed by atoms with van der Waals surface area (Å²) in [6.45, 7) is 4.24. The third-order valence-corrected chi connectivity index (χ3v) is 7.93. The van der Waals surface area contributed by atoms with E-state index in [-0.39, 0.29) is 44.6 Å². The highest BCUT2D eigenvalue weighted by molar-refractivity contribution is 5.93. The molecule has 44 heavy (non-hydrogen) atoms. The fourth-order valence-corrected chi connectivity index (χ4v) is 5.61. The van der Waals surface area contributed by atoms with Gasteiger partial charge >= 0.3 is 12.0 Å². The van der Waals surface area contributed by atoms with E-state index in [1.165, 1.54) is 9.80 Å². The van der Waals surface area contributed by atoms with Crippen LogP contribution in [0.3, 0.4) is 0 Å². The number of carbonyl (C=O) groups excluding carboxylic acids is 5. The fourth-order valence-electron chi connectivity index (χ4n) is 5.61. The van der Waals surface area contributed by atoms with Crippen LogP contribution in [0, 0.1) is 0 Å². The van der Waals surface area contributed by atoms with Crippen LogP contribution in [-0.2, 0) is 36.8 Å². The number of hydrogen-bond acceptors (Lipinski definition) is 7. The SMILES string of the molecule is CC(C)OC(=O)[C@H](O)[C@H](Cc1ccccc1)NC(=O)[C@@H]1CCCN1C(=O)[C@H](Cc1ccccc1)NC(=O)N1CCC(=O)CC1. The van der Waals surface area contributed by atoms with Crippen molar-refractivity contribution in [3.63, 3.8) is 0 Å². The number of Topliss-reactive ketones (excluding diaryl/α,β-unsaturated/α-hetero) is 1. The molecule has 0 aliphatic carbocycles. The first-order valence-corrected chi connectivity index (χ1v) is 15.3. The number of ether oxygens (including phenoxy) is 1. The Balaban J connectivity index is 1.51. The van der Waals surface area contributed by atoms with Crippen LogP contribution in [0.15, 0.2) is 60.7 Å². The molecular weight excluding hydrogens is 564 g/mol. The number of aliphatic hydroxyl groups excluding tert-OH is 1. The lowest BCUT2D eigenvalue weighted by atomic mass is 10.00. The molecule has 3 N–H and O–H groups in total. The summed E-state index contributed by atoms with van der Waals surface area (Å²) in [6.07, 6.45) is -0.150. The molecule has 11 heteroatoms. The predicted molar refractivity (Wildman–Crippen MR) is 162 cm³/mol. The van der Waals surface area contributed by atoms with Crippen molar-refractivity contribution >= 4 is 29.6 Å². The molecular formula is C33H42N4O7. The van der Waals surface area contributed by atoms with Crippen LogP contribution in [0.1, 0.15) is 50.7 Å². The molecule has 2 fully saturated rings. The van der Waals surface area contributed by atoms with Gasteiger partial charge in [-0.2, -0.15) is 0 Å². The minimum Gasteiger partial charge on any atom is -0.461 e. The molecule has 2 aromatic rings. The lowest BCUT2D eigenvalue weighted by Crippen LogP contribution is -2.58. The second kappa shape index (κ2) is 15.5. The zero-order chi connectivity index (χ0) is 31.6. The molecule has 4 amide bonds. The number of benzene rings is 2. The average molecular weight is 607 g/mol. The summed E-state index contributed by atoms with van der Waals surface area (Å²) >= 11 is 0. The van der Waals surface area contributed by atoms with Gasteiger partial charge in [-0.15, -0.1) is 0 Å². The zero-order valence-electron chi connectivity index (χ0n) is 25.3. The third-order valence-electron chi connectivity index (χ3n) is 7.93. The van der Waals surface area contributed by atoms with Gasteiger partial charge in [0.15, 0.2) is 6.10 Å². The van der Waals surface area contributed by atoms with Crippen molar-refractivity contribution in [3.8, 4) is 0 Å². The van der Waals surface area contributed by atoms with Gasteiger partial charge in [-0.25, -0.2) is 9.59 Å². The van der Waals surface area contributed by atoms with E-state index in [1.54, 1.807) is 13.8 Å². The van der Waals surface area contributed by atoms with Crippen LogP contribution in [-0.4, -0.2) is 94.5 Å². The number of rotatable bonds is 11. The van der Waals surface area contributed by atoms with Gasteiger partial charge in [0.1, 0.15) is 17.9 Å². The fraction of sp³-hybridized carbons (Fsp3) is 0.485. The highest BCUT2D eigenvalue weighted by Crippen LogP contribution is 2.21. The molecule has 11 nitrogen and oxygen atoms in total. The van der Waals surface area contributed by atoms with E-state index < -0.39 is 54.1 Å². The topological polar surface area (TPSA) is 145 Å². The summed E-state index contributed by atoms with van der Waals surface area (Å²) < 4.78 is 5.21. The van der Waals surface area contributed by atoms with Crippen LogP contribution >= 0.6 is 0 Å². The van der Waals surface area contributed by atoms with Gasteiger partial charge in [0.25, 0.3) is 0 Å². The van der Waals surface area contributed by atoms with Crippen LogP contribution in [0.5, 0.6) is 0 Å². The van der Waals surface area contributed by atoms with E-state index in [4.69, 9.17) is 4.74 Å². The molecule has 0 aromatic heterocycles. The average Bonchev–Trinajstić information content (AvgIpc) is 3.51. The van der Waals surface area contributed by atoms with Crippen molar-refractivity contribution in [2.45, 2.75) is 82.7 Å². The highest BCUT2D eigenvalue weighted by atomic mass is 16.6. The lowest BCUT2D eigenvalue weighted by molar-refractivity contribution is -0.159. The van der Waals surface area contributed by atoms with E-state index in [9.17, 15) is 29.1 Å². The zero-order valence-corrected chi connectivity index (χ0v) is 25.3. The maximum Gasteiger partial charge on any atom is 0.337 e. The van der Waals surface area contributed by atoms with E-state index in [2.05, 4.69) is 10.6 Å². The Kier molecular flexibility index (Phi) is 11.5. The minimum absolute atomic E-state index is 0.102. The summed E-state index contributed by atoms with van der Waals surface area (Å²) in [7, 11) is 0. The van der Waals surface area contributed by atoms with Crippen molar-refractivity contribution in [1.29, 1.82) is 0 Å². The number of urea groups is 1. The second-order valence-electron chi connectivity index (χ2n) is 11.6. The number of nitrogens with one attached hydrogen (secondary N) is 2. The maximum atomic E-state index is 14.0. The van der Waals surface area contributed by atoms with E-state index in [1.807, 2.05) is 60.7 Å². The van der Waals surface area contributed by atoms with Gasteiger partial charge in [0, 0.05) is 38.9 Å². The Hall–Kier alpha value is -4.25. The summed E-state index contributed by atoms with van der Waals surface area (Å²) in [4.78, 5) is 68.2. The summed E-state index contributed by atoms with van der Waals surface area (Å²) in [5, 5.41) is 16.6. The van der Waals surface area contributed by atoms with E-state index in [0.717, 1.165) is 11.1 Å². The van der Waals surface area contributed by atoms with Crippen LogP contribution in [0.25, 0.3) is 0 Å². The first-order chi connectivity index (χ1) is 21.1. The van der Waals surface area contributed by atoms with Gasteiger partial charge in [-0.05, 0) is 44.2 Å². The molecule has 2 aliphatic heterocycles. The summed E-state index contributed by atoms with van der Waals surface area (Å²) in [6, 6.07) is 15.3. The van der Waals surface area contributed by atoms with Crippen molar-refractivity contribution in [2.75, 3.05) is 19.6 Å². The van der Waals surface area contributed by atoms with E-state index in [0.29, 0.717) is 19.4 Å². The standard InChI is InChI=1S/C33H42N4O7/c1-22(2)44-32(42)29(39)26(20-23-10-5-3-6-11-23)34-30(40)28-14-9-17-37(28)31(41)27(21-24-12-7-4-8-13-24)35-33(43)36-18-15-25(38)16-19-36/h3-8,10-13,22,26-29,39H,9,14-21H2,1-2H3,(H,34,40)(H,35,43)/t26-,27-,28-,29+/m0/s1. The lowest BCUT2D eigenvalue weighted by Gasteiger charge is -2.32. The van der Waals surface area contributed by atoms with Crippen molar-refractivity contribution in [1.82, 2.24) is 20.4 Å². The first kappa shape index (κ1) is 32.7. The van der Waals surface area contributed by atoms with Crippen LogP contribution in [0.4, 0.5) is 4.79 Å². The van der Waals surface area contributed by atoms with Gasteiger partial charge < -0.3 is 30.3 Å². The number of esters is 1. The molecule has 2 aliphatic rings. The number of hydrogen-bond donors (Lipinski definition) is 3. The second-order valence-corrected chi connectivity index (χ2v) is 11.6. The number of ketones is 1. The Morgan fingerprint density at radius 2 is 1.48 bits per heavy atom. The largest absolute Gasteiger partial charge is 0.461 e. The molecule has 0 unspecified atom stereocenters. The number of nitrogens with zero attached hydrogens (tertiary/aromatic N) is 2. The molecule has 236 valence electrons. The first-order valence-electron chi connectivity index (χ1n) is 15.3. The predicted octanol–water partition coefficient (Wildman–Crippen LogP) is 2.00. The molecule has 0 radical (unpaired) electrons. The summed E-state index contributed by atoms with van der Waals surface area (Å²) in [5.74, 6) is -1.63. The van der Waals surface area contributed by atoms with Gasteiger partial charge in [0.05, 0.1) is 12.1 Å². The Morgan fingerprint density at radius 1 is 0.886 bits per heavy atom. The molecule has 0 bridgehead atoms. The Bertz CT molecular complexity index is 1290. The summed E-state index contributed by atoms with van der Waals surface area (Å²) in [5.41, 5.74) is 1.65. The number of likely N-dealkylation sites (tertiary alicyclic amines) is 2. The molecule has 0 saturated carbocycles. The van der Waals surface area contributed by atoms with Crippen LogP contribution in [0.2, 0.25) is 0 Å². The molecule has 4 atom stereocenters. The Labute approximate surface area is 257 Å². The van der Waals surface area contributed by atoms with Crippen molar-refractivity contribution in [2.24, 2.45) is 0 Å². The molecule has 0 spiro atoms. The number of piperidine rings is 1. The monoisotopic (exact) mass is 606 g/mol. The molecule has 4 rings (SSSR count). The van der Waals surface area contributed by atoms with Gasteiger partial charge in [0.2, 0.25) is 11.8 Å². The number of aliphatic hydroxyl groups is 1. The smallest absolute Gasteiger partial charge is 0.337 e. The normalized spacial score (nSPS) is 18.8. The maximum absolute atomic E-state index is 14.0. The Morgan fingerprint density at radius 3 is 2.07 bits per heavy atom. The van der Waals surface area contributed by atoms with Crippen molar-refractivity contribution < 1.29 is 33.8 Å². The molecule has 2 heterocycles. The quantitative estimate of drug-likeness (QED) is 0.332. The van der Waals surface area contributed by atoms with Gasteiger partial charge in [-0.3, -0.25) is 14.4 Å². The minimum atomic E-state index is -1.62. The van der Waals surface area contributed by atoms with E-state index >= 15 is 0 Å². The number of amides is 4. The third kappa shape index (κ3) is 8.89.